The molecule has 0 aliphatic heterocycles. The molecule has 0 bridgehead atoms. The van der Waals surface area contributed by atoms with Crippen LogP contribution in [0.25, 0.3) is 75.5 Å². The van der Waals surface area contributed by atoms with Crippen LogP contribution in [-0.2, 0) is 0 Å². The van der Waals surface area contributed by atoms with E-state index in [4.69, 9.17) is 0 Å². The second kappa shape index (κ2) is 13.7. The summed E-state index contributed by atoms with van der Waals surface area (Å²) in [4.78, 5) is 2.44. The summed E-state index contributed by atoms with van der Waals surface area (Å²) >= 11 is 1.87. The molecule has 10 rings (SSSR count). The van der Waals surface area contributed by atoms with Crippen LogP contribution >= 0.6 is 11.3 Å². The zero-order valence-corrected chi connectivity index (χ0v) is 30.4. The van der Waals surface area contributed by atoms with Crippen LogP contribution in [0.2, 0.25) is 0 Å². The smallest absolute Gasteiger partial charge is 0.0554 e. The molecule has 54 heavy (non-hydrogen) atoms. The number of para-hydroxylation sites is 1. The van der Waals surface area contributed by atoms with Crippen molar-refractivity contribution in [2.75, 3.05) is 4.90 Å². The van der Waals surface area contributed by atoms with Crippen molar-refractivity contribution in [3.05, 3.63) is 212 Å². The van der Waals surface area contributed by atoms with Gasteiger partial charge < -0.3 is 4.90 Å². The second-order valence-corrected chi connectivity index (χ2v) is 14.8. The van der Waals surface area contributed by atoms with Gasteiger partial charge in [-0.05, 0) is 97.7 Å². The topological polar surface area (TPSA) is 3.24 Å². The Kier molecular flexibility index (Phi) is 8.09. The Morgan fingerprint density at radius 2 is 0.907 bits per heavy atom. The molecule has 0 radical (unpaired) electrons. The fourth-order valence-electron chi connectivity index (χ4n) is 7.99. The van der Waals surface area contributed by atoms with Gasteiger partial charge in [0, 0.05) is 31.5 Å². The summed E-state index contributed by atoms with van der Waals surface area (Å²) in [5.41, 5.74) is 13.2. The Labute approximate surface area is 319 Å². The van der Waals surface area contributed by atoms with Gasteiger partial charge in [0.05, 0.1) is 5.69 Å². The third kappa shape index (κ3) is 5.65. The molecule has 0 aliphatic carbocycles. The minimum absolute atomic E-state index is 1.11. The number of nitrogens with zero attached hydrogens (tertiary/aromatic N) is 1. The number of anilines is 3. The fourth-order valence-corrected chi connectivity index (χ4v) is 9.16. The van der Waals surface area contributed by atoms with Crippen molar-refractivity contribution in [1.29, 1.82) is 0 Å². The Morgan fingerprint density at radius 3 is 1.67 bits per heavy atom. The molecule has 9 aromatic carbocycles. The van der Waals surface area contributed by atoms with Crippen molar-refractivity contribution in [1.82, 2.24) is 0 Å². The van der Waals surface area contributed by atoms with Gasteiger partial charge in [0.2, 0.25) is 0 Å². The molecule has 0 N–H and O–H groups in total. The molecular formula is C52H35NS. The largest absolute Gasteiger partial charge is 0.310 e. The van der Waals surface area contributed by atoms with Crippen molar-refractivity contribution >= 4 is 59.3 Å². The lowest BCUT2D eigenvalue weighted by molar-refractivity contribution is 1.30. The van der Waals surface area contributed by atoms with Gasteiger partial charge in [-0.2, -0.15) is 0 Å². The molecule has 1 heterocycles. The second-order valence-electron chi connectivity index (χ2n) is 13.7. The van der Waals surface area contributed by atoms with Crippen LogP contribution in [0.3, 0.4) is 0 Å². The lowest BCUT2D eigenvalue weighted by Gasteiger charge is -2.28. The predicted molar refractivity (Wildman–Crippen MR) is 233 cm³/mol. The fraction of sp³-hybridized carbons (Fsp3) is 0. The van der Waals surface area contributed by atoms with E-state index in [1.807, 2.05) is 11.3 Å². The molecular weight excluding hydrogens is 671 g/mol. The number of thiophene rings is 1. The molecule has 0 saturated heterocycles. The maximum absolute atomic E-state index is 2.44. The van der Waals surface area contributed by atoms with E-state index < -0.39 is 0 Å². The van der Waals surface area contributed by atoms with Crippen molar-refractivity contribution in [3.8, 4) is 44.5 Å². The van der Waals surface area contributed by atoms with Crippen LogP contribution in [0.1, 0.15) is 0 Å². The minimum Gasteiger partial charge on any atom is -0.310 e. The van der Waals surface area contributed by atoms with Gasteiger partial charge in [-0.3, -0.25) is 0 Å². The van der Waals surface area contributed by atoms with Crippen LogP contribution in [0.4, 0.5) is 17.1 Å². The van der Waals surface area contributed by atoms with Crippen molar-refractivity contribution < 1.29 is 0 Å². The summed E-state index contributed by atoms with van der Waals surface area (Å²) in [5, 5.41) is 5.02. The number of hydrogen-bond donors (Lipinski definition) is 0. The first kappa shape index (κ1) is 32.0. The van der Waals surface area contributed by atoms with E-state index in [-0.39, 0.29) is 0 Å². The van der Waals surface area contributed by atoms with Crippen LogP contribution in [0.5, 0.6) is 0 Å². The quantitative estimate of drug-likeness (QED) is 0.160. The Morgan fingerprint density at radius 1 is 0.315 bits per heavy atom. The molecule has 0 amide bonds. The van der Waals surface area contributed by atoms with Gasteiger partial charge in [-0.25, -0.2) is 0 Å². The highest BCUT2D eigenvalue weighted by molar-refractivity contribution is 7.26. The molecule has 0 unspecified atom stereocenters. The number of benzene rings is 9. The van der Waals surface area contributed by atoms with Gasteiger partial charge in [0.1, 0.15) is 0 Å². The third-order valence-corrected chi connectivity index (χ3v) is 11.6. The van der Waals surface area contributed by atoms with E-state index in [0.29, 0.717) is 0 Å². The SMILES string of the molecule is c1ccc(-c2ccccc2-c2ccc3c(c2)sc2cccc(N(c4ccccc4)c4ccc(-c5ccccc5)c(-c5cccc6ccccc56)c4)c23)cc1. The maximum atomic E-state index is 2.44. The summed E-state index contributed by atoms with van der Waals surface area (Å²) in [6.45, 7) is 0. The van der Waals surface area contributed by atoms with Gasteiger partial charge in [-0.1, -0.05) is 170 Å². The number of rotatable bonds is 7. The van der Waals surface area contributed by atoms with Gasteiger partial charge >= 0.3 is 0 Å². The molecule has 0 aliphatic rings. The van der Waals surface area contributed by atoms with Gasteiger partial charge in [-0.15, -0.1) is 11.3 Å². The summed E-state index contributed by atoms with van der Waals surface area (Å²) in [6, 6.07) is 77.1. The maximum Gasteiger partial charge on any atom is 0.0554 e. The highest BCUT2D eigenvalue weighted by Crippen LogP contribution is 2.48. The molecule has 10 aromatic rings. The summed E-state index contributed by atoms with van der Waals surface area (Å²) < 4.78 is 2.55. The van der Waals surface area contributed by atoms with Crippen LogP contribution in [-0.4, -0.2) is 0 Å². The zero-order valence-electron chi connectivity index (χ0n) is 29.6. The van der Waals surface area contributed by atoms with Crippen molar-refractivity contribution in [3.63, 3.8) is 0 Å². The monoisotopic (exact) mass is 705 g/mol. The average Bonchev–Trinajstić information content (AvgIpc) is 3.63. The van der Waals surface area contributed by atoms with E-state index in [0.717, 1.165) is 11.4 Å². The van der Waals surface area contributed by atoms with Crippen LogP contribution in [0.15, 0.2) is 212 Å². The normalized spacial score (nSPS) is 11.3. The van der Waals surface area contributed by atoms with Gasteiger partial charge in [0.25, 0.3) is 0 Å². The molecule has 0 atom stereocenters. The van der Waals surface area contributed by atoms with E-state index in [2.05, 4.69) is 217 Å². The molecule has 1 nitrogen and oxygen atoms in total. The third-order valence-electron chi connectivity index (χ3n) is 10.5. The standard InChI is InChI=1S/C52H35NS/c1-4-16-36(17-5-1)42-24-12-13-26-44(42)39-30-32-47-51(34-39)54-50-29-15-28-49(52(47)50)53(40-22-8-3-9-23-40)41-31-33-45(37-18-6-2-7-19-37)48(35-41)46-27-14-21-38-20-10-11-25-43(38)46/h1-35H. The van der Waals surface area contributed by atoms with E-state index in [1.54, 1.807) is 0 Å². The predicted octanol–water partition coefficient (Wildman–Crippen LogP) is 15.3. The average molecular weight is 706 g/mol. The van der Waals surface area contributed by atoms with E-state index in [1.165, 1.54) is 81.1 Å². The first-order valence-corrected chi connectivity index (χ1v) is 19.2. The van der Waals surface area contributed by atoms with Gasteiger partial charge in [0.15, 0.2) is 0 Å². The molecule has 0 spiro atoms. The first-order valence-electron chi connectivity index (χ1n) is 18.4. The molecule has 0 saturated carbocycles. The molecule has 254 valence electrons. The van der Waals surface area contributed by atoms with Crippen LogP contribution < -0.4 is 4.90 Å². The van der Waals surface area contributed by atoms with Crippen LogP contribution in [0, 0.1) is 0 Å². The molecule has 0 fully saturated rings. The lowest BCUT2D eigenvalue weighted by Crippen LogP contribution is -2.10. The first-order chi connectivity index (χ1) is 26.8. The highest BCUT2D eigenvalue weighted by atomic mass is 32.1. The highest BCUT2D eigenvalue weighted by Gasteiger charge is 2.21. The van der Waals surface area contributed by atoms with E-state index >= 15 is 0 Å². The summed E-state index contributed by atoms with van der Waals surface area (Å²) in [6.07, 6.45) is 0. The zero-order chi connectivity index (χ0) is 35.8. The Bertz CT molecular complexity index is 2920. The number of hydrogen-bond acceptors (Lipinski definition) is 2. The summed E-state index contributed by atoms with van der Waals surface area (Å²) in [7, 11) is 0. The Hall–Kier alpha value is -6.74. The molecule has 1 aromatic heterocycles. The molecule has 2 heteroatoms. The summed E-state index contributed by atoms with van der Waals surface area (Å²) in [5.74, 6) is 0. The number of fused-ring (bicyclic) bond motifs is 4. The minimum atomic E-state index is 1.11. The van der Waals surface area contributed by atoms with E-state index in [9.17, 15) is 0 Å². The van der Waals surface area contributed by atoms with Crippen molar-refractivity contribution in [2.45, 2.75) is 0 Å². The van der Waals surface area contributed by atoms with Crippen molar-refractivity contribution in [2.24, 2.45) is 0 Å². The Balaban J connectivity index is 1.18. The lowest BCUT2D eigenvalue weighted by atomic mass is 9.90.